The van der Waals surface area contributed by atoms with E-state index in [1.807, 2.05) is 13.8 Å². The molecule has 3 aliphatic rings. The van der Waals surface area contributed by atoms with Crippen molar-refractivity contribution in [3.63, 3.8) is 0 Å². The van der Waals surface area contributed by atoms with Crippen molar-refractivity contribution >= 4 is 11.9 Å². The van der Waals surface area contributed by atoms with Crippen LogP contribution in [-0.4, -0.2) is 52.6 Å². The van der Waals surface area contributed by atoms with Gasteiger partial charge in [0.1, 0.15) is 5.75 Å². The summed E-state index contributed by atoms with van der Waals surface area (Å²) in [6, 6.07) is 3.61. The van der Waals surface area contributed by atoms with Gasteiger partial charge < -0.3 is 19.6 Å². The predicted molar refractivity (Wildman–Crippen MR) is 119 cm³/mol. The summed E-state index contributed by atoms with van der Waals surface area (Å²) >= 11 is 0. The van der Waals surface area contributed by atoms with E-state index in [4.69, 9.17) is 4.74 Å². The zero-order chi connectivity index (χ0) is 24.7. The van der Waals surface area contributed by atoms with Gasteiger partial charge in [0.2, 0.25) is 5.91 Å². The van der Waals surface area contributed by atoms with Crippen LogP contribution in [0.1, 0.15) is 63.5 Å². The SMILES string of the molecule is CC(C)[C@]1(C(=O)N2COc3ccc(C(F)(F)F)cc3C2)CC[C@@H](N2CCC[C@H](C(=O)O)CC2)C1. The third-order valence-electron chi connectivity index (χ3n) is 8.10. The monoisotopic (exact) mass is 482 g/mol. The summed E-state index contributed by atoms with van der Waals surface area (Å²) in [6.45, 7) is 5.73. The van der Waals surface area contributed by atoms with Crippen LogP contribution in [0.5, 0.6) is 5.75 Å². The van der Waals surface area contributed by atoms with Crippen molar-refractivity contribution in [2.45, 2.75) is 71.1 Å². The van der Waals surface area contributed by atoms with Crippen LogP contribution in [-0.2, 0) is 22.3 Å². The van der Waals surface area contributed by atoms with Crippen molar-refractivity contribution in [1.82, 2.24) is 9.80 Å². The fourth-order valence-corrected chi connectivity index (χ4v) is 5.92. The molecule has 188 valence electrons. The van der Waals surface area contributed by atoms with Gasteiger partial charge in [-0.1, -0.05) is 13.8 Å². The Morgan fingerprint density at radius 1 is 1.18 bits per heavy atom. The minimum Gasteiger partial charge on any atom is -0.481 e. The number of carbonyl (C=O) groups is 2. The molecule has 2 aliphatic heterocycles. The van der Waals surface area contributed by atoms with Crippen LogP contribution in [0, 0.1) is 17.3 Å². The number of aliphatic carboxylic acids is 1. The Bertz CT molecular complexity index is 935. The Kier molecular flexibility index (Phi) is 6.86. The second-order valence-corrected chi connectivity index (χ2v) is 10.3. The number of fused-ring (bicyclic) bond motifs is 1. The highest BCUT2D eigenvalue weighted by molar-refractivity contribution is 5.83. The lowest BCUT2D eigenvalue weighted by atomic mass is 9.74. The van der Waals surface area contributed by atoms with Crippen molar-refractivity contribution in [3.8, 4) is 5.75 Å². The standard InChI is InChI=1S/C25H33F3N2O4/c1-16(2)24(9-7-20(13-24)29-10-3-4-17(8-11-29)22(31)32)23(33)30-14-18-12-19(25(26,27)28)5-6-21(18)34-15-30/h5-6,12,16-17,20H,3-4,7-11,13-15H2,1-2H3,(H,31,32)/t17-,20+,24-/m0/s1. The average molecular weight is 483 g/mol. The molecule has 34 heavy (non-hydrogen) atoms. The van der Waals surface area contributed by atoms with E-state index in [0.29, 0.717) is 43.5 Å². The van der Waals surface area contributed by atoms with Gasteiger partial charge in [-0.3, -0.25) is 9.59 Å². The maximum atomic E-state index is 13.8. The van der Waals surface area contributed by atoms with E-state index in [1.54, 1.807) is 4.90 Å². The number of hydrogen-bond donors (Lipinski definition) is 1. The number of ether oxygens (including phenoxy) is 1. The Labute approximate surface area is 198 Å². The van der Waals surface area contributed by atoms with Gasteiger partial charge in [-0.2, -0.15) is 13.2 Å². The molecule has 1 aromatic carbocycles. The van der Waals surface area contributed by atoms with Crippen LogP contribution >= 0.6 is 0 Å². The summed E-state index contributed by atoms with van der Waals surface area (Å²) in [5.41, 5.74) is -0.981. The zero-order valence-electron chi connectivity index (χ0n) is 19.7. The molecule has 6 nitrogen and oxygen atoms in total. The number of alkyl halides is 3. The summed E-state index contributed by atoms with van der Waals surface area (Å²) in [5.74, 6) is -0.662. The molecule has 1 amide bonds. The fourth-order valence-electron chi connectivity index (χ4n) is 5.92. The number of carboxylic acids is 1. The molecule has 0 unspecified atom stereocenters. The average Bonchev–Trinajstić information content (AvgIpc) is 3.09. The lowest BCUT2D eigenvalue weighted by Gasteiger charge is -2.40. The number of carbonyl (C=O) groups excluding carboxylic acids is 1. The molecule has 1 saturated carbocycles. The molecule has 1 aliphatic carbocycles. The molecule has 1 saturated heterocycles. The van der Waals surface area contributed by atoms with Gasteiger partial charge in [0.05, 0.1) is 23.4 Å². The number of benzene rings is 1. The summed E-state index contributed by atoms with van der Waals surface area (Å²) in [5, 5.41) is 9.38. The summed E-state index contributed by atoms with van der Waals surface area (Å²) < 4.78 is 45.2. The quantitative estimate of drug-likeness (QED) is 0.670. The normalized spacial score (nSPS) is 28.4. The van der Waals surface area contributed by atoms with Crippen molar-refractivity contribution in [3.05, 3.63) is 29.3 Å². The van der Waals surface area contributed by atoms with E-state index in [2.05, 4.69) is 4.90 Å². The summed E-state index contributed by atoms with van der Waals surface area (Å²) in [6.07, 6.45) is -0.0956. The highest BCUT2D eigenvalue weighted by Gasteiger charge is 2.51. The first-order chi connectivity index (χ1) is 16.0. The van der Waals surface area contributed by atoms with Gasteiger partial charge >= 0.3 is 12.1 Å². The third kappa shape index (κ3) is 4.76. The molecular weight excluding hydrogens is 449 g/mol. The predicted octanol–water partition coefficient (Wildman–Crippen LogP) is 4.77. The van der Waals surface area contributed by atoms with Crippen molar-refractivity contribution in [1.29, 1.82) is 0 Å². The van der Waals surface area contributed by atoms with Gasteiger partial charge in [0, 0.05) is 11.6 Å². The van der Waals surface area contributed by atoms with Crippen molar-refractivity contribution in [2.24, 2.45) is 17.3 Å². The number of nitrogens with zero attached hydrogens (tertiary/aromatic N) is 2. The third-order valence-corrected chi connectivity index (χ3v) is 8.10. The molecule has 0 radical (unpaired) electrons. The maximum absolute atomic E-state index is 13.8. The van der Waals surface area contributed by atoms with Crippen LogP contribution in [0.4, 0.5) is 13.2 Å². The minimum atomic E-state index is -4.45. The molecule has 2 heterocycles. The molecule has 0 spiro atoms. The smallest absolute Gasteiger partial charge is 0.416 e. The van der Waals surface area contributed by atoms with Crippen molar-refractivity contribution in [2.75, 3.05) is 19.8 Å². The Hall–Kier alpha value is -2.29. The number of halogens is 3. The van der Waals surface area contributed by atoms with E-state index in [-0.39, 0.29) is 37.1 Å². The van der Waals surface area contributed by atoms with E-state index >= 15 is 0 Å². The van der Waals surface area contributed by atoms with Gasteiger partial charge in [-0.25, -0.2) is 0 Å². The van der Waals surface area contributed by atoms with E-state index in [9.17, 15) is 27.9 Å². The molecule has 0 aromatic heterocycles. The van der Waals surface area contributed by atoms with E-state index < -0.39 is 23.1 Å². The first kappa shape index (κ1) is 24.8. The second-order valence-electron chi connectivity index (χ2n) is 10.3. The van der Waals surface area contributed by atoms with Crippen LogP contribution < -0.4 is 4.74 Å². The Balaban J connectivity index is 1.49. The molecule has 3 atom stereocenters. The Morgan fingerprint density at radius 3 is 2.62 bits per heavy atom. The van der Waals surface area contributed by atoms with Gasteiger partial charge in [0.25, 0.3) is 0 Å². The van der Waals surface area contributed by atoms with Crippen LogP contribution in [0.15, 0.2) is 18.2 Å². The molecule has 0 bridgehead atoms. The van der Waals surface area contributed by atoms with Crippen LogP contribution in [0.2, 0.25) is 0 Å². The number of hydrogen-bond acceptors (Lipinski definition) is 4. The number of rotatable bonds is 4. The Morgan fingerprint density at radius 2 is 1.94 bits per heavy atom. The van der Waals surface area contributed by atoms with E-state index in [1.165, 1.54) is 6.07 Å². The molecular formula is C25H33F3N2O4. The molecule has 1 aromatic rings. The largest absolute Gasteiger partial charge is 0.481 e. The zero-order valence-corrected chi connectivity index (χ0v) is 19.7. The summed E-state index contributed by atoms with van der Waals surface area (Å²) in [4.78, 5) is 29.1. The molecule has 4 rings (SSSR count). The number of amides is 1. The highest BCUT2D eigenvalue weighted by Crippen LogP contribution is 2.48. The lowest BCUT2D eigenvalue weighted by Crippen LogP contribution is -2.49. The summed E-state index contributed by atoms with van der Waals surface area (Å²) in [7, 11) is 0. The fraction of sp³-hybridized carbons (Fsp3) is 0.680. The second kappa shape index (κ2) is 9.40. The van der Waals surface area contributed by atoms with Gasteiger partial charge in [-0.05, 0) is 75.7 Å². The number of carboxylic acid groups (broad SMARTS) is 1. The minimum absolute atomic E-state index is 0.0281. The number of likely N-dealkylation sites (tertiary alicyclic amines) is 1. The molecule has 9 heteroatoms. The van der Waals surface area contributed by atoms with Crippen LogP contribution in [0.3, 0.4) is 0 Å². The molecule has 2 fully saturated rings. The molecule has 1 N–H and O–H groups in total. The first-order valence-corrected chi connectivity index (χ1v) is 12.1. The first-order valence-electron chi connectivity index (χ1n) is 12.1. The lowest BCUT2D eigenvalue weighted by molar-refractivity contribution is -0.150. The maximum Gasteiger partial charge on any atom is 0.416 e. The van der Waals surface area contributed by atoms with Gasteiger partial charge in [-0.15, -0.1) is 0 Å². The topological polar surface area (TPSA) is 70.1 Å². The van der Waals surface area contributed by atoms with Gasteiger partial charge in [0.15, 0.2) is 6.73 Å². The highest BCUT2D eigenvalue weighted by atomic mass is 19.4. The van der Waals surface area contributed by atoms with Crippen LogP contribution in [0.25, 0.3) is 0 Å². The van der Waals surface area contributed by atoms with E-state index in [0.717, 1.165) is 31.5 Å². The van der Waals surface area contributed by atoms with Crippen molar-refractivity contribution < 1.29 is 32.6 Å².